The molecule has 1 amide bonds. The summed E-state index contributed by atoms with van der Waals surface area (Å²) in [5.41, 5.74) is -0.174. The minimum absolute atomic E-state index is 0.00220. The number of nitrogens with zero attached hydrogens (tertiary/aromatic N) is 4. The summed E-state index contributed by atoms with van der Waals surface area (Å²) in [6.07, 6.45) is -4.63. The lowest BCUT2D eigenvalue weighted by Gasteiger charge is -2.32. The van der Waals surface area contributed by atoms with Crippen LogP contribution >= 0.6 is 0 Å². The van der Waals surface area contributed by atoms with Gasteiger partial charge in [-0.05, 0) is 38.5 Å². The maximum absolute atomic E-state index is 13.6. The predicted molar refractivity (Wildman–Crippen MR) is 153 cm³/mol. The Labute approximate surface area is 250 Å². The molecule has 0 atom stereocenters. The zero-order valence-corrected chi connectivity index (χ0v) is 24.7. The normalized spacial score (nSPS) is 17.1. The smallest absolute Gasteiger partial charge is 0.412 e. The molecule has 2 N–H and O–H groups in total. The summed E-state index contributed by atoms with van der Waals surface area (Å²) in [5.74, 6) is -5.21. The second-order valence-electron chi connectivity index (χ2n) is 10.3. The Bertz CT molecular complexity index is 1540. The van der Waals surface area contributed by atoms with E-state index in [2.05, 4.69) is 24.7 Å². The topological polar surface area (TPSA) is 134 Å². The van der Waals surface area contributed by atoms with Gasteiger partial charge in [-0.25, -0.2) is 22.2 Å². The first-order valence-electron chi connectivity index (χ1n) is 13.7. The first-order chi connectivity index (χ1) is 20.5. The number of esters is 1. The number of hydrogen-bond donors (Lipinski definition) is 2. The van der Waals surface area contributed by atoms with Crippen molar-refractivity contribution in [1.29, 1.82) is 0 Å². The number of alkyl halides is 5. The van der Waals surface area contributed by atoms with Crippen LogP contribution in [0.4, 0.5) is 45.1 Å². The van der Waals surface area contributed by atoms with Crippen LogP contribution in [0.2, 0.25) is 0 Å². The molecule has 0 unspecified atom stereocenters. The molecule has 4 rings (SSSR count). The van der Waals surface area contributed by atoms with Crippen molar-refractivity contribution in [2.45, 2.75) is 45.2 Å². The average molecular weight is 647 g/mol. The average Bonchev–Trinajstić information content (AvgIpc) is 2.91. The number of aromatic nitrogens is 2. The van der Waals surface area contributed by atoms with Gasteiger partial charge >= 0.3 is 12.1 Å². The van der Waals surface area contributed by atoms with Crippen LogP contribution in [-0.2, 0) is 19.6 Å². The number of benzene rings is 1. The third kappa shape index (κ3) is 8.54. The summed E-state index contributed by atoms with van der Waals surface area (Å²) >= 11 is 0. The van der Waals surface area contributed by atoms with Gasteiger partial charge in [0.2, 0.25) is 16.0 Å². The molecule has 1 saturated heterocycles. The number of sulfonamides is 1. The van der Waals surface area contributed by atoms with Crippen molar-refractivity contribution in [3.05, 3.63) is 47.2 Å². The summed E-state index contributed by atoms with van der Waals surface area (Å²) in [4.78, 5) is 36.9. The molecule has 1 aromatic carbocycles. The SMILES string of the molecule is CCOC(=O)CS(=O)(=O)Nc1ccc(C(=O)Nc2cc(C)nc(N3CCC(F)(F)CC3)n2)c(N2CC=C(C(F)(F)F)CC2)c1. The molecular formula is C27H31F5N6O5S. The molecule has 240 valence electrons. The van der Waals surface area contributed by atoms with Crippen LogP contribution in [-0.4, -0.2) is 80.9 Å². The van der Waals surface area contributed by atoms with E-state index in [0.717, 1.165) is 6.08 Å². The van der Waals surface area contributed by atoms with Gasteiger partial charge in [-0.1, -0.05) is 6.08 Å². The first kappa shape index (κ1) is 32.9. The Morgan fingerprint density at radius 2 is 1.77 bits per heavy atom. The van der Waals surface area contributed by atoms with Crippen molar-refractivity contribution in [1.82, 2.24) is 9.97 Å². The van der Waals surface area contributed by atoms with Crippen molar-refractivity contribution >= 4 is 45.0 Å². The number of ether oxygens (including phenoxy) is 1. The monoisotopic (exact) mass is 646 g/mol. The fourth-order valence-corrected chi connectivity index (χ4v) is 5.70. The molecule has 2 aliphatic heterocycles. The van der Waals surface area contributed by atoms with E-state index in [1.807, 2.05) is 0 Å². The highest BCUT2D eigenvalue weighted by Gasteiger charge is 2.36. The third-order valence-electron chi connectivity index (χ3n) is 6.90. The highest BCUT2D eigenvalue weighted by molar-refractivity contribution is 7.93. The Hall–Kier alpha value is -4.02. The molecule has 0 saturated carbocycles. The predicted octanol–water partition coefficient (Wildman–Crippen LogP) is 4.28. The number of halogens is 5. The molecule has 3 heterocycles. The van der Waals surface area contributed by atoms with Crippen LogP contribution in [0.25, 0.3) is 0 Å². The molecular weight excluding hydrogens is 615 g/mol. The van der Waals surface area contributed by atoms with Gasteiger partial charge in [-0.3, -0.25) is 14.3 Å². The zero-order chi connectivity index (χ0) is 32.3. The molecule has 2 aromatic rings. The summed E-state index contributed by atoms with van der Waals surface area (Å²) in [6.45, 7) is 2.83. The summed E-state index contributed by atoms with van der Waals surface area (Å²) in [7, 11) is -4.21. The van der Waals surface area contributed by atoms with Crippen LogP contribution < -0.4 is 19.8 Å². The number of aryl methyl sites for hydroxylation is 1. The largest absolute Gasteiger partial charge is 0.465 e. The first-order valence-corrected chi connectivity index (χ1v) is 15.3. The zero-order valence-electron chi connectivity index (χ0n) is 23.9. The van der Waals surface area contributed by atoms with Crippen molar-refractivity contribution in [2.75, 3.05) is 58.4 Å². The number of anilines is 4. The second kappa shape index (κ2) is 12.9. The van der Waals surface area contributed by atoms with Crippen LogP contribution in [0.1, 0.15) is 42.2 Å². The van der Waals surface area contributed by atoms with E-state index in [4.69, 9.17) is 0 Å². The van der Waals surface area contributed by atoms with E-state index in [0.29, 0.717) is 5.69 Å². The highest BCUT2D eigenvalue weighted by atomic mass is 32.2. The second-order valence-corrected chi connectivity index (χ2v) is 12.0. The number of amides is 1. The summed E-state index contributed by atoms with van der Waals surface area (Å²) < 4.78 is 99.0. The van der Waals surface area contributed by atoms with E-state index in [1.165, 1.54) is 36.1 Å². The number of carbonyl (C=O) groups excluding carboxylic acids is 2. The molecule has 0 spiro atoms. The number of piperidine rings is 1. The Morgan fingerprint density at radius 1 is 1.07 bits per heavy atom. The lowest BCUT2D eigenvalue weighted by molar-refractivity contribution is -0.139. The van der Waals surface area contributed by atoms with Crippen LogP contribution in [0.5, 0.6) is 0 Å². The summed E-state index contributed by atoms with van der Waals surface area (Å²) in [5, 5.41) is 2.63. The van der Waals surface area contributed by atoms with Crippen molar-refractivity contribution in [2.24, 2.45) is 0 Å². The fourth-order valence-electron chi connectivity index (χ4n) is 4.74. The minimum atomic E-state index is -4.51. The molecule has 1 fully saturated rings. The molecule has 11 nitrogen and oxygen atoms in total. The lowest BCUT2D eigenvalue weighted by atomic mass is 10.0. The van der Waals surface area contributed by atoms with Gasteiger partial charge in [0.1, 0.15) is 5.82 Å². The quantitative estimate of drug-likeness (QED) is 0.233. The van der Waals surface area contributed by atoms with Crippen LogP contribution in [0, 0.1) is 6.92 Å². The Balaban J connectivity index is 1.62. The standard InChI is InChI=1S/C27H31F5N6O5S/c1-3-43-23(39)16-44(41,42)36-19-4-5-20(21(15-19)37-10-6-18(7-11-37)27(30,31)32)24(40)34-22-14-17(2)33-25(35-22)38-12-8-26(28,29)9-13-38/h4-6,14-15,36H,3,7-13,16H2,1-2H3,(H,33,34,35,40). The Kier molecular flexibility index (Phi) is 9.65. The van der Waals surface area contributed by atoms with Gasteiger partial charge in [0.25, 0.3) is 11.8 Å². The number of carbonyl (C=O) groups is 2. The van der Waals surface area contributed by atoms with Gasteiger partial charge in [-0.2, -0.15) is 18.2 Å². The van der Waals surface area contributed by atoms with E-state index in [1.54, 1.807) is 11.8 Å². The minimum Gasteiger partial charge on any atom is -0.465 e. The maximum Gasteiger partial charge on any atom is 0.412 e. The van der Waals surface area contributed by atoms with Gasteiger partial charge in [-0.15, -0.1) is 0 Å². The van der Waals surface area contributed by atoms with Gasteiger partial charge < -0.3 is 19.9 Å². The van der Waals surface area contributed by atoms with Gasteiger partial charge in [0, 0.05) is 56.4 Å². The molecule has 44 heavy (non-hydrogen) atoms. The Morgan fingerprint density at radius 3 is 2.39 bits per heavy atom. The fraction of sp³-hybridized carbons (Fsp3) is 0.481. The van der Waals surface area contributed by atoms with E-state index >= 15 is 0 Å². The molecule has 0 bridgehead atoms. The summed E-state index contributed by atoms with van der Waals surface area (Å²) in [6, 6.07) is 5.31. The highest BCUT2D eigenvalue weighted by Crippen LogP contribution is 2.34. The molecule has 0 radical (unpaired) electrons. The third-order valence-corrected chi connectivity index (χ3v) is 8.07. The van der Waals surface area contributed by atoms with Crippen LogP contribution in [0.15, 0.2) is 35.9 Å². The van der Waals surface area contributed by atoms with Crippen molar-refractivity contribution in [3.63, 3.8) is 0 Å². The van der Waals surface area contributed by atoms with E-state index in [9.17, 15) is 40.0 Å². The maximum atomic E-state index is 13.6. The molecule has 2 aliphatic rings. The van der Waals surface area contributed by atoms with Crippen LogP contribution in [0.3, 0.4) is 0 Å². The van der Waals surface area contributed by atoms with Gasteiger partial charge in [0.15, 0.2) is 5.75 Å². The van der Waals surface area contributed by atoms with E-state index in [-0.39, 0.29) is 80.8 Å². The molecule has 0 aliphatic carbocycles. The number of nitrogens with one attached hydrogen (secondary N) is 2. The van der Waals surface area contributed by atoms with Crippen molar-refractivity contribution in [3.8, 4) is 0 Å². The number of hydrogen-bond acceptors (Lipinski definition) is 9. The van der Waals surface area contributed by atoms with E-state index < -0.39 is 45.3 Å². The van der Waals surface area contributed by atoms with Gasteiger partial charge in [0.05, 0.1) is 23.5 Å². The molecule has 1 aromatic heterocycles. The lowest BCUT2D eigenvalue weighted by Crippen LogP contribution is -2.40. The van der Waals surface area contributed by atoms with Crippen molar-refractivity contribution < 1.29 is 44.7 Å². The molecule has 17 heteroatoms. The number of rotatable bonds is 9.